The maximum absolute atomic E-state index is 5.73. The van der Waals surface area contributed by atoms with Crippen LogP contribution in [0.5, 0.6) is 0 Å². The fourth-order valence-corrected chi connectivity index (χ4v) is 2.23. The van der Waals surface area contributed by atoms with Crippen molar-refractivity contribution >= 4 is 17.1 Å². The van der Waals surface area contributed by atoms with Crippen LogP contribution in [0.15, 0.2) is 6.33 Å². The van der Waals surface area contributed by atoms with Gasteiger partial charge in [-0.1, -0.05) is 0 Å². The third kappa shape index (κ3) is 1.74. The maximum Gasteiger partial charge on any atom is 0.222 e. The highest BCUT2D eigenvalue weighted by Gasteiger charge is 2.19. The lowest BCUT2D eigenvalue weighted by Gasteiger charge is -2.23. The van der Waals surface area contributed by atoms with Crippen molar-refractivity contribution in [1.29, 1.82) is 0 Å². The molecule has 6 nitrogen and oxygen atoms in total. The second-order valence-electron chi connectivity index (χ2n) is 4.31. The van der Waals surface area contributed by atoms with E-state index in [1.54, 1.807) is 6.33 Å². The lowest BCUT2D eigenvalue weighted by molar-refractivity contribution is -0.0298. The Bertz CT molecular complexity index is 544. The van der Waals surface area contributed by atoms with E-state index in [4.69, 9.17) is 10.5 Å². The normalized spacial score (nSPS) is 20.9. The van der Waals surface area contributed by atoms with E-state index < -0.39 is 0 Å². The van der Waals surface area contributed by atoms with Crippen LogP contribution in [0.3, 0.4) is 0 Å². The molecule has 90 valence electrons. The number of nitrogen functional groups attached to an aromatic ring is 1. The lowest BCUT2D eigenvalue weighted by Crippen LogP contribution is -2.18. The van der Waals surface area contributed by atoms with Gasteiger partial charge in [0, 0.05) is 6.61 Å². The quantitative estimate of drug-likeness (QED) is 0.805. The third-order valence-electron chi connectivity index (χ3n) is 3.08. The van der Waals surface area contributed by atoms with Crippen molar-refractivity contribution in [2.75, 3.05) is 12.3 Å². The van der Waals surface area contributed by atoms with E-state index in [0.717, 1.165) is 36.3 Å². The molecule has 1 unspecified atom stereocenters. The Morgan fingerprint density at radius 1 is 1.41 bits per heavy atom. The topological polar surface area (TPSA) is 78.9 Å². The largest absolute Gasteiger partial charge is 0.368 e. The summed E-state index contributed by atoms with van der Waals surface area (Å²) in [6.45, 7) is 2.68. The molecule has 0 saturated carbocycles. The Hall–Kier alpha value is -1.69. The fraction of sp³-hybridized carbons (Fsp3) is 0.545. The van der Waals surface area contributed by atoms with Crippen LogP contribution in [0.25, 0.3) is 11.2 Å². The average Bonchev–Trinajstić information content (AvgIpc) is 2.74. The molecule has 0 aromatic carbocycles. The first-order valence-corrected chi connectivity index (χ1v) is 5.84. The van der Waals surface area contributed by atoms with E-state index in [9.17, 15) is 0 Å². The molecule has 3 heterocycles. The smallest absolute Gasteiger partial charge is 0.222 e. The number of nitrogens with zero attached hydrogens (tertiary/aromatic N) is 4. The summed E-state index contributed by atoms with van der Waals surface area (Å²) in [5.41, 5.74) is 8.05. The number of fused-ring (bicyclic) bond motifs is 1. The minimum Gasteiger partial charge on any atom is -0.368 e. The summed E-state index contributed by atoms with van der Waals surface area (Å²) in [4.78, 5) is 12.7. The third-order valence-corrected chi connectivity index (χ3v) is 3.08. The summed E-state index contributed by atoms with van der Waals surface area (Å²) in [5, 5.41) is 0. The summed E-state index contributed by atoms with van der Waals surface area (Å²) in [7, 11) is 0. The Labute approximate surface area is 98.8 Å². The van der Waals surface area contributed by atoms with Crippen molar-refractivity contribution in [3.05, 3.63) is 12.0 Å². The number of hydrogen-bond donors (Lipinski definition) is 1. The van der Waals surface area contributed by atoms with E-state index in [1.807, 2.05) is 11.5 Å². The van der Waals surface area contributed by atoms with Crippen LogP contribution in [0, 0.1) is 6.92 Å². The van der Waals surface area contributed by atoms with Crippen molar-refractivity contribution < 1.29 is 4.74 Å². The highest BCUT2D eigenvalue weighted by Crippen LogP contribution is 2.26. The number of ether oxygens (including phenoxy) is 1. The monoisotopic (exact) mass is 233 g/mol. The van der Waals surface area contributed by atoms with Gasteiger partial charge in [-0.3, -0.25) is 4.57 Å². The second-order valence-corrected chi connectivity index (χ2v) is 4.31. The number of aryl methyl sites for hydroxylation is 1. The SMILES string of the molecule is Cc1nc(N)nc2c1ncn2C1CCCCO1. The molecule has 1 atom stereocenters. The van der Waals surface area contributed by atoms with Gasteiger partial charge in [0.15, 0.2) is 5.65 Å². The number of aromatic nitrogens is 4. The number of anilines is 1. The van der Waals surface area contributed by atoms with Gasteiger partial charge < -0.3 is 10.5 Å². The summed E-state index contributed by atoms with van der Waals surface area (Å²) in [6.07, 6.45) is 5.08. The molecule has 2 N–H and O–H groups in total. The molecule has 0 radical (unpaired) electrons. The van der Waals surface area contributed by atoms with Crippen LogP contribution in [0.4, 0.5) is 5.95 Å². The molecule has 0 amide bonds. The molecule has 1 fully saturated rings. The van der Waals surface area contributed by atoms with E-state index >= 15 is 0 Å². The first-order valence-electron chi connectivity index (χ1n) is 5.84. The number of hydrogen-bond acceptors (Lipinski definition) is 5. The van der Waals surface area contributed by atoms with Gasteiger partial charge in [-0.2, -0.15) is 4.98 Å². The Balaban J connectivity index is 2.10. The highest BCUT2D eigenvalue weighted by atomic mass is 16.5. The first-order chi connectivity index (χ1) is 8.25. The standard InChI is InChI=1S/C11H15N5O/c1-7-9-10(15-11(12)14-7)16(6-13-9)8-4-2-3-5-17-8/h6,8H,2-5H2,1H3,(H2,12,14,15). The molecule has 6 heteroatoms. The van der Waals surface area contributed by atoms with Gasteiger partial charge >= 0.3 is 0 Å². The molecule has 2 aromatic rings. The Morgan fingerprint density at radius 2 is 2.29 bits per heavy atom. The van der Waals surface area contributed by atoms with Crippen LogP contribution < -0.4 is 5.73 Å². The van der Waals surface area contributed by atoms with Gasteiger partial charge in [0.25, 0.3) is 0 Å². The van der Waals surface area contributed by atoms with Crippen molar-refractivity contribution in [2.45, 2.75) is 32.4 Å². The van der Waals surface area contributed by atoms with Crippen molar-refractivity contribution in [3.8, 4) is 0 Å². The summed E-state index contributed by atoms with van der Waals surface area (Å²) in [6, 6.07) is 0. The number of nitrogens with two attached hydrogens (primary N) is 1. The van der Waals surface area contributed by atoms with Crippen LogP contribution in [0.1, 0.15) is 31.2 Å². The van der Waals surface area contributed by atoms with Crippen LogP contribution in [0.2, 0.25) is 0 Å². The first kappa shape index (κ1) is 10.5. The van der Waals surface area contributed by atoms with Gasteiger partial charge in [0.05, 0.1) is 12.0 Å². The van der Waals surface area contributed by atoms with Crippen LogP contribution in [-0.2, 0) is 4.74 Å². The molecule has 2 aromatic heterocycles. The second kappa shape index (κ2) is 3.96. The summed E-state index contributed by atoms with van der Waals surface area (Å²) >= 11 is 0. The van der Waals surface area contributed by atoms with Gasteiger partial charge in [-0.25, -0.2) is 9.97 Å². The molecular formula is C11H15N5O. The molecule has 0 spiro atoms. The molecule has 1 aliphatic heterocycles. The molecular weight excluding hydrogens is 218 g/mol. The molecule has 1 aliphatic rings. The fourth-order valence-electron chi connectivity index (χ4n) is 2.23. The van der Waals surface area contributed by atoms with Gasteiger partial charge in [0.2, 0.25) is 5.95 Å². The van der Waals surface area contributed by atoms with E-state index in [0.29, 0.717) is 0 Å². The zero-order chi connectivity index (χ0) is 11.8. The summed E-state index contributed by atoms with van der Waals surface area (Å²) in [5.74, 6) is 0.285. The lowest BCUT2D eigenvalue weighted by atomic mass is 10.2. The molecule has 17 heavy (non-hydrogen) atoms. The van der Waals surface area contributed by atoms with Gasteiger partial charge in [0.1, 0.15) is 11.7 Å². The van der Waals surface area contributed by atoms with E-state index in [-0.39, 0.29) is 12.2 Å². The number of imidazole rings is 1. The highest BCUT2D eigenvalue weighted by molar-refractivity contribution is 5.74. The summed E-state index contributed by atoms with van der Waals surface area (Å²) < 4.78 is 7.69. The van der Waals surface area contributed by atoms with Gasteiger partial charge in [-0.05, 0) is 26.2 Å². The van der Waals surface area contributed by atoms with Gasteiger partial charge in [-0.15, -0.1) is 0 Å². The minimum atomic E-state index is 0.0300. The maximum atomic E-state index is 5.73. The van der Waals surface area contributed by atoms with Crippen LogP contribution in [-0.4, -0.2) is 26.1 Å². The Morgan fingerprint density at radius 3 is 3.06 bits per heavy atom. The predicted octanol–water partition coefficient (Wildman–Crippen LogP) is 1.42. The zero-order valence-electron chi connectivity index (χ0n) is 9.76. The molecule has 0 aliphatic carbocycles. The van der Waals surface area contributed by atoms with E-state index in [1.165, 1.54) is 6.42 Å². The zero-order valence-corrected chi connectivity index (χ0v) is 9.76. The Kier molecular flexibility index (Phi) is 2.44. The van der Waals surface area contributed by atoms with E-state index in [2.05, 4.69) is 15.0 Å². The predicted molar refractivity (Wildman–Crippen MR) is 63.3 cm³/mol. The molecule has 3 rings (SSSR count). The van der Waals surface area contributed by atoms with Crippen molar-refractivity contribution in [1.82, 2.24) is 19.5 Å². The molecule has 1 saturated heterocycles. The number of rotatable bonds is 1. The average molecular weight is 233 g/mol. The minimum absolute atomic E-state index is 0.0300. The molecule has 0 bridgehead atoms. The van der Waals surface area contributed by atoms with Crippen molar-refractivity contribution in [2.24, 2.45) is 0 Å². The van der Waals surface area contributed by atoms with Crippen LogP contribution >= 0.6 is 0 Å². The van der Waals surface area contributed by atoms with Crippen molar-refractivity contribution in [3.63, 3.8) is 0 Å².